The van der Waals surface area contributed by atoms with Gasteiger partial charge in [-0.25, -0.2) is 4.79 Å². The van der Waals surface area contributed by atoms with Gasteiger partial charge in [0.05, 0.1) is 18.1 Å². The molecule has 0 spiro atoms. The smallest absolute Gasteiger partial charge is 0.353 e. The van der Waals surface area contributed by atoms with Crippen LogP contribution in [0.1, 0.15) is 26.7 Å². The Morgan fingerprint density at radius 2 is 2.12 bits per heavy atom. The van der Waals surface area contributed by atoms with Crippen molar-refractivity contribution in [3.8, 4) is 0 Å². The van der Waals surface area contributed by atoms with Gasteiger partial charge in [-0.2, -0.15) is 0 Å². The molecule has 7 nitrogen and oxygen atoms in total. The minimum Gasteiger partial charge on any atom is -0.477 e. The summed E-state index contributed by atoms with van der Waals surface area (Å²) in [5, 5.41) is 23.4. The van der Waals surface area contributed by atoms with E-state index in [1.165, 1.54) is 4.90 Å². The van der Waals surface area contributed by atoms with Crippen LogP contribution in [-0.4, -0.2) is 63.0 Å². The topological polar surface area (TPSA) is 116 Å². The Kier molecular flexibility index (Phi) is 4.14. The second-order valence-electron chi connectivity index (χ2n) is 7.83. The van der Waals surface area contributed by atoms with Crippen molar-refractivity contribution in [3.05, 3.63) is 10.6 Å². The van der Waals surface area contributed by atoms with E-state index < -0.39 is 18.0 Å². The molecule has 3 fully saturated rings. The van der Waals surface area contributed by atoms with Crippen molar-refractivity contribution < 1.29 is 19.8 Å². The van der Waals surface area contributed by atoms with Gasteiger partial charge in [0, 0.05) is 34.7 Å². The number of carbonyl (C=O) groups is 2. The molecule has 0 aromatic heterocycles. The number of amides is 1. The Bertz CT molecular complexity index is 652. The third-order valence-electron chi connectivity index (χ3n) is 6.14. The SMILES string of the molecule is C[C@@H](O)[C@H]1C(=O)N2C(C(=O)O)=C(S[C@@H]3CN[C@H]([C@@H]4C[C@H]4N)C3)[C@H](C)[C@H]12. The second-order valence-corrected chi connectivity index (χ2v) is 9.17. The first-order chi connectivity index (χ1) is 11.8. The monoisotopic (exact) mass is 367 g/mol. The van der Waals surface area contributed by atoms with E-state index in [1.54, 1.807) is 18.7 Å². The number of nitrogens with two attached hydrogens (primary N) is 1. The highest BCUT2D eigenvalue weighted by Crippen LogP contribution is 2.52. The number of rotatable bonds is 5. The highest BCUT2D eigenvalue weighted by Gasteiger charge is 2.60. The van der Waals surface area contributed by atoms with Crippen LogP contribution in [0.2, 0.25) is 0 Å². The van der Waals surface area contributed by atoms with Crippen molar-refractivity contribution in [1.29, 1.82) is 0 Å². The first-order valence-corrected chi connectivity index (χ1v) is 9.83. The molecule has 1 aliphatic carbocycles. The maximum Gasteiger partial charge on any atom is 0.353 e. The Balaban J connectivity index is 1.52. The van der Waals surface area contributed by atoms with Gasteiger partial charge in [-0.05, 0) is 25.7 Å². The van der Waals surface area contributed by atoms with E-state index in [0.717, 1.165) is 24.3 Å². The molecule has 3 heterocycles. The predicted octanol–water partition coefficient (Wildman–Crippen LogP) is -0.0490. The van der Waals surface area contributed by atoms with Gasteiger partial charge in [0.25, 0.3) is 0 Å². The Morgan fingerprint density at radius 1 is 1.44 bits per heavy atom. The Morgan fingerprint density at radius 3 is 2.68 bits per heavy atom. The zero-order chi connectivity index (χ0) is 18.0. The summed E-state index contributed by atoms with van der Waals surface area (Å²) in [4.78, 5) is 26.3. The van der Waals surface area contributed by atoms with Crippen LogP contribution in [0.15, 0.2) is 10.6 Å². The molecule has 8 heteroatoms. The van der Waals surface area contributed by atoms with Crippen molar-refractivity contribution in [2.24, 2.45) is 23.5 Å². The lowest BCUT2D eigenvalue weighted by atomic mass is 9.79. The van der Waals surface area contributed by atoms with Gasteiger partial charge < -0.3 is 26.2 Å². The number of fused-ring (bicyclic) bond motifs is 1. The molecular formula is C17H25N3O4S. The minimum absolute atomic E-state index is 0.0596. The van der Waals surface area contributed by atoms with E-state index >= 15 is 0 Å². The normalized spacial score (nSPS) is 43.9. The molecule has 138 valence electrons. The van der Waals surface area contributed by atoms with Gasteiger partial charge in [0.1, 0.15) is 5.70 Å². The highest BCUT2D eigenvalue weighted by molar-refractivity contribution is 8.03. The van der Waals surface area contributed by atoms with Gasteiger partial charge in [-0.15, -0.1) is 11.8 Å². The standard InChI is InChI=1S/C17H25N3O4S/c1-6-13-12(7(2)21)16(22)20(13)14(17(23)24)15(6)25-8-3-11(19-5-8)9-4-10(9)18/h6-13,19,21H,3-5,18H2,1-2H3,(H,23,24)/t6-,7-,8+,9-,10-,11+,12-,13-/m1/s1. The third-order valence-corrected chi connectivity index (χ3v) is 7.65. The van der Waals surface area contributed by atoms with Crippen molar-refractivity contribution >= 4 is 23.6 Å². The van der Waals surface area contributed by atoms with Gasteiger partial charge in [0.2, 0.25) is 5.91 Å². The summed E-state index contributed by atoms with van der Waals surface area (Å²) in [7, 11) is 0. The number of β-lactam (4-membered cyclic amide) rings is 1. The largest absolute Gasteiger partial charge is 0.477 e. The number of aliphatic carboxylic acids is 1. The quantitative estimate of drug-likeness (QED) is 0.504. The first kappa shape index (κ1) is 17.3. The molecule has 5 N–H and O–H groups in total. The number of carboxylic acid groups (broad SMARTS) is 1. The molecule has 1 saturated carbocycles. The first-order valence-electron chi connectivity index (χ1n) is 8.95. The molecule has 0 radical (unpaired) electrons. The Hall–Kier alpha value is -1.09. The molecule has 3 aliphatic heterocycles. The zero-order valence-corrected chi connectivity index (χ0v) is 15.2. The maximum absolute atomic E-state index is 12.3. The van der Waals surface area contributed by atoms with Crippen LogP contribution < -0.4 is 11.1 Å². The summed E-state index contributed by atoms with van der Waals surface area (Å²) in [5.41, 5.74) is 6.06. The number of aliphatic hydroxyl groups excluding tert-OH is 1. The van der Waals surface area contributed by atoms with Crippen LogP contribution in [0.5, 0.6) is 0 Å². The van der Waals surface area contributed by atoms with Gasteiger partial charge in [-0.3, -0.25) is 4.79 Å². The molecule has 25 heavy (non-hydrogen) atoms. The van der Waals surface area contributed by atoms with Crippen LogP contribution in [-0.2, 0) is 9.59 Å². The molecule has 0 aromatic rings. The van der Waals surface area contributed by atoms with Crippen LogP contribution in [0, 0.1) is 17.8 Å². The molecular weight excluding hydrogens is 342 g/mol. The number of carbonyl (C=O) groups excluding carboxylic acids is 1. The summed E-state index contributed by atoms with van der Waals surface area (Å²) in [5.74, 6) is -1.34. The zero-order valence-electron chi connectivity index (χ0n) is 14.4. The Labute approximate surface area is 151 Å². The maximum atomic E-state index is 12.3. The second kappa shape index (κ2) is 5.97. The van der Waals surface area contributed by atoms with Crippen molar-refractivity contribution in [1.82, 2.24) is 10.2 Å². The summed E-state index contributed by atoms with van der Waals surface area (Å²) in [6.45, 7) is 4.40. The third kappa shape index (κ3) is 2.61. The number of hydrogen-bond acceptors (Lipinski definition) is 6. The minimum atomic E-state index is -1.05. The van der Waals surface area contributed by atoms with Crippen LogP contribution >= 0.6 is 11.8 Å². The van der Waals surface area contributed by atoms with Crippen molar-refractivity contribution in [2.75, 3.05) is 6.54 Å². The lowest BCUT2D eigenvalue weighted by Gasteiger charge is -2.46. The number of thioether (sulfide) groups is 1. The van der Waals surface area contributed by atoms with Crippen LogP contribution in [0.25, 0.3) is 0 Å². The van der Waals surface area contributed by atoms with E-state index in [2.05, 4.69) is 5.32 Å². The summed E-state index contributed by atoms with van der Waals surface area (Å²) < 4.78 is 0. The molecule has 4 rings (SSSR count). The van der Waals surface area contributed by atoms with Gasteiger partial charge in [0.15, 0.2) is 0 Å². The van der Waals surface area contributed by atoms with Crippen LogP contribution in [0.4, 0.5) is 0 Å². The summed E-state index contributed by atoms with van der Waals surface area (Å²) >= 11 is 1.59. The van der Waals surface area contributed by atoms with Gasteiger partial charge in [-0.1, -0.05) is 6.92 Å². The fourth-order valence-electron chi connectivity index (χ4n) is 4.71. The van der Waals surface area contributed by atoms with Crippen molar-refractivity contribution in [3.63, 3.8) is 0 Å². The molecule has 1 amide bonds. The van der Waals surface area contributed by atoms with E-state index in [4.69, 9.17) is 5.73 Å². The number of carboxylic acids is 1. The molecule has 8 atom stereocenters. The summed E-state index contributed by atoms with van der Waals surface area (Å²) in [6, 6.07) is 0.483. The lowest BCUT2D eigenvalue weighted by molar-refractivity contribution is -0.163. The average molecular weight is 367 g/mol. The fourth-order valence-corrected chi connectivity index (χ4v) is 6.20. The van der Waals surface area contributed by atoms with Gasteiger partial charge >= 0.3 is 5.97 Å². The fraction of sp³-hybridized carbons (Fsp3) is 0.765. The lowest BCUT2D eigenvalue weighted by Crippen LogP contribution is -2.63. The highest BCUT2D eigenvalue weighted by atomic mass is 32.2. The van der Waals surface area contributed by atoms with E-state index in [1.807, 2.05) is 6.92 Å². The summed E-state index contributed by atoms with van der Waals surface area (Å²) in [6.07, 6.45) is 1.28. The molecule has 2 saturated heterocycles. The average Bonchev–Trinajstić information content (AvgIpc) is 2.99. The van der Waals surface area contributed by atoms with E-state index in [9.17, 15) is 19.8 Å². The van der Waals surface area contributed by atoms with Crippen LogP contribution in [0.3, 0.4) is 0 Å². The number of nitrogens with one attached hydrogen (secondary N) is 1. The molecule has 0 bridgehead atoms. The predicted molar refractivity (Wildman–Crippen MR) is 93.5 cm³/mol. The number of aliphatic hydroxyl groups is 1. The molecule has 4 aliphatic rings. The van der Waals surface area contributed by atoms with Crippen molar-refractivity contribution in [2.45, 2.75) is 56.2 Å². The van der Waals surface area contributed by atoms with E-state index in [0.29, 0.717) is 23.3 Å². The molecule has 0 unspecified atom stereocenters. The number of hydrogen-bond donors (Lipinski definition) is 4. The van der Waals surface area contributed by atoms with E-state index in [-0.39, 0.29) is 23.6 Å². The number of nitrogens with zero attached hydrogens (tertiary/aromatic N) is 1. The molecule has 0 aromatic carbocycles.